The van der Waals surface area contributed by atoms with Crippen molar-refractivity contribution in [2.45, 2.75) is 9.79 Å². The van der Waals surface area contributed by atoms with Crippen LogP contribution < -0.4 is 5.56 Å². The maximum Gasteiger partial charge on any atom is 0.356 e. The first-order chi connectivity index (χ1) is 14.4. The minimum absolute atomic E-state index is 0. The van der Waals surface area contributed by atoms with Crippen molar-refractivity contribution in [3.05, 3.63) is 64.6 Å². The SMILES string of the molecule is O=C(O)c1[nH]n(-c2ccc(S(=O)(=O)O)cc2)c(=O)c1N=Nc1ccc(S(=O)(=O)O)cc1.[Na].[Na].[Na]. The maximum atomic E-state index is 12.6. The Morgan fingerprint density at radius 1 is 0.794 bits per heavy atom. The number of rotatable bonds is 6. The van der Waals surface area contributed by atoms with Crippen LogP contribution in [0.1, 0.15) is 10.5 Å². The van der Waals surface area contributed by atoms with Gasteiger partial charge in [-0.15, -0.1) is 5.11 Å². The molecule has 13 nitrogen and oxygen atoms in total. The molecule has 3 aromatic rings. The number of carboxylic acid groups (broad SMARTS) is 1. The number of aromatic carboxylic acids is 1. The third-order valence-electron chi connectivity index (χ3n) is 3.87. The predicted octanol–water partition coefficient (Wildman–Crippen LogP) is 0.630. The van der Waals surface area contributed by atoms with E-state index in [4.69, 9.17) is 9.11 Å². The molecule has 1 heterocycles. The van der Waals surface area contributed by atoms with Crippen LogP contribution in [0.5, 0.6) is 0 Å². The quantitative estimate of drug-likeness (QED) is 0.197. The Kier molecular flexibility index (Phi) is 12.8. The van der Waals surface area contributed by atoms with Crippen molar-refractivity contribution >= 4 is 126 Å². The topological polar surface area (TPSA) is 209 Å². The Hall–Kier alpha value is -0.660. The van der Waals surface area contributed by atoms with Crippen LogP contribution in [0.25, 0.3) is 5.69 Å². The number of benzene rings is 2. The van der Waals surface area contributed by atoms with E-state index in [1.54, 1.807) is 0 Å². The molecule has 18 heteroatoms. The number of hydrogen-bond acceptors (Lipinski definition) is 8. The van der Waals surface area contributed by atoms with E-state index in [9.17, 15) is 31.5 Å². The fourth-order valence-corrected chi connectivity index (χ4v) is 3.37. The third kappa shape index (κ3) is 7.92. The summed E-state index contributed by atoms with van der Waals surface area (Å²) in [5.74, 6) is -1.53. The molecule has 0 spiro atoms. The molecule has 0 fully saturated rings. The van der Waals surface area contributed by atoms with Gasteiger partial charge in [-0.2, -0.15) is 21.9 Å². The first-order valence-corrected chi connectivity index (χ1v) is 10.9. The molecule has 165 valence electrons. The van der Waals surface area contributed by atoms with E-state index < -0.39 is 52.9 Å². The van der Waals surface area contributed by atoms with Crippen LogP contribution >= 0.6 is 0 Å². The van der Waals surface area contributed by atoms with E-state index in [-0.39, 0.29) is 100 Å². The first-order valence-electron chi connectivity index (χ1n) is 8.03. The molecular formula is C16H12N4Na3O9S2. The van der Waals surface area contributed by atoms with Gasteiger partial charge in [0, 0.05) is 88.7 Å². The van der Waals surface area contributed by atoms with Crippen LogP contribution in [-0.2, 0) is 20.2 Å². The van der Waals surface area contributed by atoms with Crippen molar-refractivity contribution in [1.29, 1.82) is 0 Å². The van der Waals surface area contributed by atoms with E-state index in [2.05, 4.69) is 15.3 Å². The summed E-state index contributed by atoms with van der Waals surface area (Å²) in [5, 5.41) is 19.0. The van der Waals surface area contributed by atoms with Gasteiger partial charge >= 0.3 is 5.97 Å². The molecule has 34 heavy (non-hydrogen) atoms. The second-order valence-electron chi connectivity index (χ2n) is 5.92. The summed E-state index contributed by atoms with van der Waals surface area (Å²) in [6.07, 6.45) is 0. The molecule has 0 amide bonds. The predicted molar refractivity (Wildman–Crippen MR) is 121 cm³/mol. The van der Waals surface area contributed by atoms with E-state index in [1.165, 1.54) is 12.1 Å². The largest absolute Gasteiger partial charge is 0.476 e. The summed E-state index contributed by atoms with van der Waals surface area (Å²) >= 11 is 0. The number of nitrogens with zero attached hydrogens (tertiary/aromatic N) is 3. The van der Waals surface area contributed by atoms with Crippen LogP contribution in [0, 0.1) is 0 Å². The molecule has 0 atom stereocenters. The molecule has 0 aliphatic heterocycles. The summed E-state index contributed by atoms with van der Waals surface area (Å²) in [4.78, 5) is 23.3. The Labute approximate surface area is 259 Å². The number of hydrogen-bond donors (Lipinski definition) is 4. The number of nitrogens with one attached hydrogen (secondary N) is 1. The molecule has 1 aromatic heterocycles. The molecule has 2 aromatic carbocycles. The Balaban J connectivity index is 0.00000363. The molecule has 4 N–H and O–H groups in total. The zero-order valence-corrected chi connectivity index (χ0v) is 25.7. The van der Waals surface area contributed by atoms with Gasteiger partial charge in [-0.3, -0.25) is 19.0 Å². The molecule has 3 radical (unpaired) electrons. The zero-order chi connectivity index (χ0) is 23.0. The van der Waals surface area contributed by atoms with E-state index in [1.807, 2.05) is 0 Å². The fraction of sp³-hybridized carbons (Fsp3) is 0. The monoisotopic (exact) mass is 537 g/mol. The van der Waals surface area contributed by atoms with Crippen LogP contribution in [0.15, 0.2) is 73.3 Å². The average Bonchev–Trinajstić information content (AvgIpc) is 3.02. The normalized spacial score (nSPS) is 11.2. The minimum Gasteiger partial charge on any atom is -0.476 e. The van der Waals surface area contributed by atoms with E-state index >= 15 is 0 Å². The maximum absolute atomic E-state index is 12.6. The summed E-state index contributed by atoms with van der Waals surface area (Å²) in [7, 11) is -8.87. The zero-order valence-electron chi connectivity index (χ0n) is 18.1. The Bertz CT molecular complexity index is 1470. The molecule has 0 bridgehead atoms. The van der Waals surface area contributed by atoms with Gasteiger partial charge in [0.15, 0.2) is 11.4 Å². The van der Waals surface area contributed by atoms with Crippen molar-refractivity contribution in [2.75, 3.05) is 0 Å². The number of aromatic amines is 1. The number of azo groups is 1. The van der Waals surface area contributed by atoms with Gasteiger partial charge in [0.05, 0.1) is 21.2 Å². The molecule has 0 saturated heterocycles. The third-order valence-corrected chi connectivity index (χ3v) is 5.61. The second kappa shape index (κ2) is 13.0. The average molecular weight is 537 g/mol. The molecule has 0 aliphatic carbocycles. The van der Waals surface area contributed by atoms with Gasteiger partial charge in [0.2, 0.25) is 0 Å². The summed E-state index contributed by atoms with van der Waals surface area (Å²) in [5.41, 5.74) is -1.99. The van der Waals surface area contributed by atoms with Gasteiger partial charge in [0.1, 0.15) is 0 Å². The van der Waals surface area contributed by atoms with Crippen molar-refractivity contribution in [3.63, 3.8) is 0 Å². The first kappa shape index (κ1) is 33.3. The van der Waals surface area contributed by atoms with Gasteiger partial charge in [0.25, 0.3) is 25.8 Å². The van der Waals surface area contributed by atoms with Crippen molar-refractivity contribution in [3.8, 4) is 5.69 Å². The van der Waals surface area contributed by atoms with E-state index in [0.29, 0.717) is 0 Å². The Morgan fingerprint density at radius 2 is 1.24 bits per heavy atom. The second-order valence-corrected chi connectivity index (χ2v) is 8.76. The fourth-order valence-electron chi connectivity index (χ4n) is 2.41. The molecular weight excluding hydrogens is 525 g/mol. The number of carbonyl (C=O) groups is 1. The van der Waals surface area contributed by atoms with Crippen molar-refractivity contribution in [1.82, 2.24) is 9.78 Å². The minimum atomic E-state index is -4.46. The number of aromatic nitrogens is 2. The molecule has 0 aliphatic rings. The van der Waals surface area contributed by atoms with Gasteiger partial charge in [-0.1, -0.05) is 0 Å². The molecule has 0 saturated carbocycles. The number of H-pyrrole nitrogens is 1. The van der Waals surface area contributed by atoms with E-state index in [0.717, 1.165) is 41.1 Å². The summed E-state index contributed by atoms with van der Waals surface area (Å²) < 4.78 is 63.1. The van der Waals surface area contributed by atoms with Crippen LogP contribution in [0.2, 0.25) is 0 Å². The van der Waals surface area contributed by atoms with Crippen molar-refractivity contribution < 1.29 is 35.8 Å². The van der Waals surface area contributed by atoms with Crippen LogP contribution in [-0.4, -0.2) is 135 Å². The van der Waals surface area contributed by atoms with Gasteiger partial charge < -0.3 is 5.11 Å². The van der Waals surface area contributed by atoms with Gasteiger partial charge in [-0.05, 0) is 48.5 Å². The standard InChI is InChI=1S/C16H12N4O9S2.3Na/c21-15-13(18-17-9-1-5-11(6-2-9)30(24,25)26)14(16(22)23)19-20(15)10-3-7-12(8-4-10)31(27,28)29;;;/h1-8,19H,(H,22,23)(H,24,25,26)(H,27,28,29);;;. The van der Waals surface area contributed by atoms with Crippen LogP contribution in [0.4, 0.5) is 11.4 Å². The smallest absolute Gasteiger partial charge is 0.356 e. The summed E-state index contributed by atoms with van der Waals surface area (Å²) in [6.45, 7) is 0. The molecule has 0 unspecified atom stereocenters. The Morgan fingerprint density at radius 3 is 1.65 bits per heavy atom. The summed E-state index contributed by atoms with van der Waals surface area (Å²) in [6, 6.07) is 8.75. The van der Waals surface area contributed by atoms with Gasteiger partial charge in [-0.25, -0.2) is 9.48 Å². The van der Waals surface area contributed by atoms with Crippen molar-refractivity contribution in [2.24, 2.45) is 10.2 Å². The number of carboxylic acids is 1. The van der Waals surface area contributed by atoms with Crippen LogP contribution in [0.3, 0.4) is 0 Å². The molecule has 3 rings (SSSR count).